The van der Waals surface area contributed by atoms with Crippen molar-refractivity contribution >= 4 is 17.7 Å². The van der Waals surface area contributed by atoms with Crippen molar-refractivity contribution in [3.8, 4) is 11.5 Å². The average molecular weight is 455 g/mol. The zero-order valence-electron chi connectivity index (χ0n) is 18.8. The predicted molar refractivity (Wildman–Crippen MR) is 119 cm³/mol. The lowest BCUT2D eigenvalue weighted by molar-refractivity contribution is -0.385. The number of esters is 1. The SMILES string of the molecule is CCOC(=O)C1=C(C)N(C)C(=O)N[C@H]1c1cc(OC)c(OCc2ccccc2)cc1[N+](=O)[O-]. The number of benzene rings is 2. The summed E-state index contributed by atoms with van der Waals surface area (Å²) in [5, 5.41) is 14.6. The largest absolute Gasteiger partial charge is 0.493 e. The van der Waals surface area contributed by atoms with Gasteiger partial charge < -0.3 is 24.4 Å². The molecule has 0 aliphatic carbocycles. The Morgan fingerprint density at radius 3 is 2.52 bits per heavy atom. The summed E-state index contributed by atoms with van der Waals surface area (Å²) in [7, 11) is 2.90. The van der Waals surface area contributed by atoms with Gasteiger partial charge in [-0.3, -0.25) is 10.1 Å². The van der Waals surface area contributed by atoms with Crippen molar-refractivity contribution in [3.05, 3.63) is 75.0 Å². The maximum Gasteiger partial charge on any atom is 0.338 e. The molecule has 33 heavy (non-hydrogen) atoms. The molecule has 0 aromatic heterocycles. The van der Waals surface area contributed by atoms with Crippen LogP contribution in [0.3, 0.4) is 0 Å². The second-order valence-electron chi connectivity index (χ2n) is 7.25. The number of rotatable bonds is 8. The van der Waals surface area contributed by atoms with E-state index < -0.39 is 23.0 Å². The number of methoxy groups -OCH3 is 1. The highest BCUT2D eigenvalue weighted by atomic mass is 16.6. The number of carbonyl (C=O) groups is 2. The van der Waals surface area contributed by atoms with Crippen molar-refractivity contribution in [1.29, 1.82) is 0 Å². The second kappa shape index (κ2) is 10.0. The van der Waals surface area contributed by atoms with Crippen LogP contribution in [-0.4, -0.2) is 42.6 Å². The van der Waals surface area contributed by atoms with Gasteiger partial charge in [-0.25, -0.2) is 9.59 Å². The van der Waals surface area contributed by atoms with E-state index in [-0.39, 0.29) is 41.5 Å². The number of nitrogens with one attached hydrogen (secondary N) is 1. The van der Waals surface area contributed by atoms with Crippen LogP contribution in [0.4, 0.5) is 10.5 Å². The van der Waals surface area contributed by atoms with Crippen LogP contribution in [0.1, 0.15) is 31.0 Å². The number of carbonyl (C=O) groups excluding carboxylic acids is 2. The molecule has 2 aromatic rings. The molecule has 2 aromatic carbocycles. The predicted octanol–water partition coefficient (Wildman–Crippen LogP) is 3.72. The molecule has 1 aliphatic heterocycles. The Morgan fingerprint density at radius 1 is 1.21 bits per heavy atom. The number of hydrogen-bond acceptors (Lipinski definition) is 7. The Bertz CT molecular complexity index is 1100. The Hall–Kier alpha value is -4.08. The molecule has 3 rings (SSSR count). The molecule has 1 atom stereocenters. The van der Waals surface area contributed by atoms with Gasteiger partial charge >= 0.3 is 12.0 Å². The van der Waals surface area contributed by atoms with Crippen molar-refractivity contribution < 1.29 is 28.7 Å². The van der Waals surface area contributed by atoms with E-state index in [1.54, 1.807) is 13.8 Å². The van der Waals surface area contributed by atoms with E-state index in [0.29, 0.717) is 5.70 Å². The first-order chi connectivity index (χ1) is 15.8. The summed E-state index contributed by atoms with van der Waals surface area (Å²) >= 11 is 0. The summed E-state index contributed by atoms with van der Waals surface area (Å²) in [5.74, 6) is -0.292. The Balaban J connectivity index is 2.09. The van der Waals surface area contributed by atoms with E-state index in [0.717, 1.165) is 5.56 Å². The molecule has 1 N–H and O–H groups in total. The van der Waals surface area contributed by atoms with Gasteiger partial charge in [0.25, 0.3) is 5.69 Å². The molecular weight excluding hydrogens is 430 g/mol. The summed E-state index contributed by atoms with van der Waals surface area (Å²) in [5.41, 5.74) is 1.05. The minimum absolute atomic E-state index is 0.0766. The van der Waals surface area contributed by atoms with E-state index in [1.165, 1.54) is 31.2 Å². The number of hydrogen-bond donors (Lipinski definition) is 1. The number of ether oxygens (including phenoxy) is 3. The molecule has 0 saturated carbocycles. The second-order valence-corrected chi connectivity index (χ2v) is 7.25. The molecule has 0 radical (unpaired) electrons. The number of urea groups is 1. The zero-order valence-corrected chi connectivity index (χ0v) is 18.8. The van der Waals surface area contributed by atoms with Crippen LogP contribution in [0.2, 0.25) is 0 Å². The summed E-state index contributed by atoms with van der Waals surface area (Å²) in [6.45, 7) is 3.51. The smallest absolute Gasteiger partial charge is 0.338 e. The van der Waals surface area contributed by atoms with Crippen LogP contribution >= 0.6 is 0 Å². The molecule has 1 aliphatic rings. The van der Waals surface area contributed by atoms with E-state index in [2.05, 4.69) is 5.32 Å². The maximum absolute atomic E-state index is 12.7. The van der Waals surface area contributed by atoms with E-state index >= 15 is 0 Å². The van der Waals surface area contributed by atoms with Gasteiger partial charge in [0, 0.05) is 12.7 Å². The minimum Gasteiger partial charge on any atom is -0.493 e. The molecule has 0 saturated heterocycles. The third-order valence-corrected chi connectivity index (χ3v) is 5.31. The molecule has 0 bridgehead atoms. The molecule has 2 amide bonds. The number of allylic oxidation sites excluding steroid dienone is 1. The van der Waals surface area contributed by atoms with Crippen LogP contribution in [0.5, 0.6) is 11.5 Å². The summed E-state index contributed by atoms with van der Waals surface area (Å²) in [6.07, 6.45) is 0. The number of nitro groups is 1. The van der Waals surface area contributed by atoms with Gasteiger partial charge in [0.05, 0.1) is 41.9 Å². The molecular formula is C23H25N3O7. The zero-order chi connectivity index (χ0) is 24.1. The topological polar surface area (TPSA) is 120 Å². The van der Waals surface area contributed by atoms with Crippen molar-refractivity contribution in [2.45, 2.75) is 26.5 Å². The van der Waals surface area contributed by atoms with Crippen molar-refractivity contribution in [1.82, 2.24) is 10.2 Å². The molecule has 0 fully saturated rings. The summed E-state index contributed by atoms with van der Waals surface area (Å²) in [6, 6.07) is 10.3. The summed E-state index contributed by atoms with van der Waals surface area (Å²) in [4.78, 5) is 37.8. The third kappa shape index (κ3) is 4.89. The van der Waals surface area contributed by atoms with Crippen molar-refractivity contribution in [3.63, 3.8) is 0 Å². The lowest BCUT2D eigenvalue weighted by Crippen LogP contribution is -2.46. The summed E-state index contributed by atoms with van der Waals surface area (Å²) < 4.78 is 16.4. The van der Waals surface area contributed by atoms with E-state index in [9.17, 15) is 19.7 Å². The maximum atomic E-state index is 12.7. The molecule has 10 nitrogen and oxygen atoms in total. The van der Waals surface area contributed by atoms with Crippen LogP contribution in [0, 0.1) is 10.1 Å². The van der Waals surface area contributed by atoms with Gasteiger partial charge in [-0.15, -0.1) is 0 Å². The standard InChI is InChI=1S/C23H25N3O7/c1-5-32-22(27)20-14(2)25(3)23(28)24-21(20)16-11-18(31-4)19(12-17(16)26(29)30)33-13-15-9-7-6-8-10-15/h6-12,21H,5,13H2,1-4H3,(H,24,28)/t21-/m0/s1. The first kappa shape index (κ1) is 23.6. The van der Waals surface area contributed by atoms with Crippen LogP contribution in [0.15, 0.2) is 53.7 Å². The lowest BCUT2D eigenvalue weighted by atomic mass is 9.93. The van der Waals surface area contributed by atoms with Gasteiger partial charge in [-0.1, -0.05) is 30.3 Å². The Labute approximate surface area is 190 Å². The molecule has 174 valence electrons. The first-order valence-corrected chi connectivity index (χ1v) is 10.2. The highest BCUT2D eigenvalue weighted by molar-refractivity contribution is 5.95. The lowest BCUT2D eigenvalue weighted by Gasteiger charge is -2.33. The molecule has 10 heteroatoms. The Morgan fingerprint density at radius 2 is 1.91 bits per heavy atom. The van der Waals surface area contributed by atoms with Gasteiger partial charge in [-0.05, 0) is 25.5 Å². The van der Waals surface area contributed by atoms with Crippen molar-refractivity contribution in [2.75, 3.05) is 20.8 Å². The van der Waals surface area contributed by atoms with E-state index in [1.807, 2.05) is 30.3 Å². The quantitative estimate of drug-likeness (QED) is 0.366. The van der Waals surface area contributed by atoms with Gasteiger partial charge in [0.2, 0.25) is 0 Å². The Kier molecular flexibility index (Phi) is 7.17. The fraction of sp³-hybridized carbons (Fsp3) is 0.304. The van der Waals surface area contributed by atoms with Crippen LogP contribution in [-0.2, 0) is 16.1 Å². The van der Waals surface area contributed by atoms with Crippen molar-refractivity contribution in [2.24, 2.45) is 0 Å². The molecule has 0 unspecified atom stereocenters. The highest BCUT2D eigenvalue weighted by Gasteiger charge is 2.39. The van der Waals surface area contributed by atoms with Crippen LogP contribution in [0.25, 0.3) is 0 Å². The van der Waals surface area contributed by atoms with Gasteiger partial charge in [0.15, 0.2) is 11.5 Å². The average Bonchev–Trinajstić information content (AvgIpc) is 2.81. The molecule has 0 spiro atoms. The van der Waals surface area contributed by atoms with Gasteiger partial charge in [0.1, 0.15) is 6.61 Å². The fourth-order valence-corrected chi connectivity index (χ4v) is 3.50. The first-order valence-electron chi connectivity index (χ1n) is 10.2. The minimum atomic E-state index is -1.11. The van der Waals surface area contributed by atoms with Gasteiger partial charge in [-0.2, -0.15) is 0 Å². The number of nitro benzene ring substituents is 1. The number of amides is 2. The normalized spacial score (nSPS) is 15.7. The van der Waals surface area contributed by atoms with E-state index in [4.69, 9.17) is 14.2 Å². The fourth-order valence-electron chi connectivity index (χ4n) is 3.50. The monoisotopic (exact) mass is 455 g/mol. The third-order valence-electron chi connectivity index (χ3n) is 5.31. The highest BCUT2D eigenvalue weighted by Crippen LogP contribution is 2.41. The number of nitrogens with zero attached hydrogens (tertiary/aromatic N) is 2. The van der Waals surface area contributed by atoms with Crippen LogP contribution < -0.4 is 14.8 Å². The molecule has 1 heterocycles.